The van der Waals surface area contributed by atoms with Gasteiger partial charge in [-0.05, 0) is 30.5 Å². The molecule has 5 nitrogen and oxygen atoms in total. The molecule has 1 atom stereocenters. The highest BCUT2D eigenvalue weighted by molar-refractivity contribution is 6.39. The Kier molecular flexibility index (Phi) is 4.86. The molecule has 4 rings (SSSR count). The lowest BCUT2D eigenvalue weighted by Crippen LogP contribution is -2.44. The predicted molar refractivity (Wildman–Crippen MR) is 102 cm³/mol. The maximum atomic E-state index is 12.7. The fraction of sp³-hybridized carbons (Fsp3) is 0.333. The number of nitrogens with one attached hydrogen (secondary N) is 1. The molecule has 2 aliphatic heterocycles. The molecule has 134 valence electrons. The lowest BCUT2D eigenvalue weighted by atomic mass is 10.0. The van der Waals surface area contributed by atoms with Crippen LogP contribution in [-0.2, 0) is 9.63 Å². The molecule has 2 heterocycles. The minimum atomic E-state index is -0.146. The van der Waals surface area contributed by atoms with Crippen LogP contribution in [0.4, 0.5) is 5.69 Å². The zero-order valence-corrected chi connectivity index (χ0v) is 14.7. The summed E-state index contributed by atoms with van der Waals surface area (Å²) in [6, 6.07) is 20.6. The minimum Gasteiger partial charge on any atom is -0.387 e. The van der Waals surface area contributed by atoms with Gasteiger partial charge >= 0.3 is 0 Å². The molecule has 0 saturated carbocycles. The summed E-state index contributed by atoms with van der Waals surface area (Å²) in [5.74, 6) is 0.0154. The van der Waals surface area contributed by atoms with Gasteiger partial charge in [0.2, 0.25) is 0 Å². The summed E-state index contributed by atoms with van der Waals surface area (Å²) in [4.78, 5) is 20.1. The van der Waals surface area contributed by atoms with Crippen molar-refractivity contribution in [1.82, 2.24) is 4.90 Å². The molecule has 1 amide bonds. The van der Waals surface area contributed by atoms with Crippen molar-refractivity contribution in [3.8, 4) is 0 Å². The standard InChI is InChI=1S/C21H23N3O2/c25-21(19-15-20(26-23-19)16-7-3-1-4-8-16)24-13-11-18(12-14-24)22-17-9-5-2-6-10-17/h1-10,18,20,22H,11-15H2/t20-/m0/s1. The van der Waals surface area contributed by atoms with E-state index in [4.69, 9.17) is 4.84 Å². The van der Waals surface area contributed by atoms with Crippen LogP contribution >= 0.6 is 0 Å². The summed E-state index contributed by atoms with van der Waals surface area (Å²) >= 11 is 0. The summed E-state index contributed by atoms with van der Waals surface area (Å²) in [6.45, 7) is 1.50. The van der Waals surface area contributed by atoms with Crippen LogP contribution in [0.15, 0.2) is 65.8 Å². The lowest BCUT2D eigenvalue weighted by Gasteiger charge is -2.32. The molecule has 0 radical (unpaired) electrons. The molecule has 0 unspecified atom stereocenters. The van der Waals surface area contributed by atoms with E-state index in [0.717, 1.165) is 37.2 Å². The predicted octanol–water partition coefficient (Wildman–Crippen LogP) is 3.61. The van der Waals surface area contributed by atoms with Crippen LogP contribution in [0.2, 0.25) is 0 Å². The number of likely N-dealkylation sites (tertiary alicyclic amines) is 1. The van der Waals surface area contributed by atoms with E-state index < -0.39 is 0 Å². The van der Waals surface area contributed by atoms with Crippen molar-refractivity contribution in [3.05, 3.63) is 66.2 Å². The number of benzene rings is 2. The van der Waals surface area contributed by atoms with Gasteiger partial charge in [-0.2, -0.15) is 0 Å². The highest BCUT2D eigenvalue weighted by atomic mass is 16.6. The highest BCUT2D eigenvalue weighted by Gasteiger charge is 2.32. The quantitative estimate of drug-likeness (QED) is 0.917. The molecule has 1 fully saturated rings. The summed E-state index contributed by atoms with van der Waals surface area (Å²) in [7, 11) is 0. The van der Waals surface area contributed by atoms with E-state index in [0.29, 0.717) is 18.2 Å². The summed E-state index contributed by atoms with van der Waals surface area (Å²) < 4.78 is 0. The second kappa shape index (κ2) is 7.60. The van der Waals surface area contributed by atoms with Crippen LogP contribution in [0.25, 0.3) is 0 Å². The largest absolute Gasteiger partial charge is 0.387 e. The van der Waals surface area contributed by atoms with Crippen LogP contribution in [0.1, 0.15) is 30.9 Å². The fourth-order valence-electron chi connectivity index (χ4n) is 3.53. The van der Waals surface area contributed by atoms with E-state index in [-0.39, 0.29) is 12.0 Å². The van der Waals surface area contributed by atoms with Crippen molar-refractivity contribution in [2.24, 2.45) is 5.16 Å². The number of carbonyl (C=O) groups is 1. The van der Waals surface area contributed by atoms with Crippen LogP contribution < -0.4 is 5.32 Å². The highest BCUT2D eigenvalue weighted by Crippen LogP contribution is 2.28. The van der Waals surface area contributed by atoms with Crippen molar-refractivity contribution in [3.63, 3.8) is 0 Å². The average molecular weight is 349 g/mol. The molecule has 2 aromatic carbocycles. The first-order valence-electron chi connectivity index (χ1n) is 9.18. The van der Waals surface area contributed by atoms with Gasteiger partial charge in [0.05, 0.1) is 0 Å². The second-order valence-electron chi connectivity index (χ2n) is 6.82. The van der Waals surface area contributed by atoms with Crippen LogP contribution in [0.5, 0.6) is 0 Å². The average Bonchev–Trinajstić information content (AvgIpc) is 3.20. The molecule has 0 bridgehead atoms. The van der Waals surface area contributed by atoms with Gasteiger partial charge in [-0.15, -0.1) is 0 Å². The topological polar surface area (TPSA) is 53.9 Å². The Morgan fingerprint density at radius 3 is 2.35 bits per heavy atom. The van der Waals surface area contributed by atoms with E-state index in [1.165, 1.54) is 0 Å². The maximum absolute atomic E-state index is 12.7. The molecule has 2 aliphatic rings. The molecular weight excluding hydrogens is 326 g/mol. The number of carbonyl (C=O) groups excluding carboxylic acids is 1. The van der Waals surface area contributed by atoms with E-state index in [9.17, 15) is 4.79 Å². The first kappa shape index (κ1) is 16.6. The number of hydrogen-bond acceptors (Lipinski definition) is 4. The lowest BCUT2D eigenvalue weighted by molar-refractivity contribution is -0.125. The van der Waals surface area contributed by atoms with Gasteiger partial charge in [0.25, 0.3) is 5.91 Å². The number of nitrogens with zero attached hydrogens (tertiary/aromatic N) is 2. The Balaban J connectivity index is 1.29. The third-order valence-electron chi connectivity index (χ3n) is 5.01. The van der Waals surface area contributed by atoms with Crippen molar-refractivity contribution >= 4 is 17.3 Å². The molecule has 0 aliphatic carbocycles. The Morgan fingerprint density at radius 2 is 1.65 bits per heavy atom. The van der Waals surface area contributed by atoms with Crippen molar-refractivity contribution in [2.75, 3.05) is 18.4 Å². The van der Waals surface area contributed by atoms with Gasteiger partial charge in [0, 0.05) is 31.2 Å². The number of piperidine rings is 1. The number of oxime groups is 1. The van der Waals surface area contributed by atoms with Gasteiger partial charge in [0.15, 0.2) is 6.10 Å². The van der Waals surface area contributed by atoms with Crippen LogP contribution in [-0.4, -0.2) is 35.7 Å². The first-order chi connectivity index (χ1) is 12.8. The molecule has 1 saturated heterocycles. The van der Waals surface area contributed by atoms with E-state index in [2.05, 4.69) is 22.6 Å². The van der Waals surface area contributed by atoms with Gasteiger partial charge in [-0.1, -0.05) is 53.7 Å². The molecule has 26 heavy (non-hydrogen) atoms. The minimum absolute atomic E-state index is 0.0154. The summed E-state index contributed by atoms with van der Waals surface area (Å²) in [5, 5.41) is 7.61. The SMILES string of the molecule is O=C(C1=NO[C@H](c2ccccc2)C1)N1CCC(Nc2ccccc2)CC1. The van der Waals surface area contributed by atoms with E-state index in [1.807, 2.05) is 53.4 Å². The Bertz CT molecular complexity index is 768. The number of rotatable bonds is 4. The Labute approximate surface area is 153 Å². The monoisotopic (exact) mass is 349 g/mol. The van der Waals surface area contributed by atoms with Gasteiger partial charge in [-0.3, -0.25) is 4.79 Å². The molecule has 0 spiro atoms. The smallest absolute Gasteiger partial charge is 0.271 e. The van der Waals surface area contributed by atoms with Crippen molar-refractivity contribution in [1.29, 1.82) is 0 Å². The van der Waals surface area contributed by atoms with E-state index >= 15 is 0 Å². The van der Waals surface area contributed by atoms with Crippen LogP contribution in [0.3, 0.4) is 0 Å². The van der Waals surface area contributed by atoms with Crippen molar-refractivity contribution < 1.29 is 9.63 Å². The number of hydrogen-bond donors (Lipinski definition) is 1. The second-order valence-corrected chi connectivity index (χ2v) is 6.82. The number of para-hydroxylation sites is 1. The zero-order chi connectivity index (χ0) is 17.8. The first-order valence-corrected chi connectivity index (χ1v) is 9.18. The molecule has 5 heteroatoms. The fourth-order valence-corrected chi connectivity index (χ4v) is 3.53. The molecule has 0 aromatic heterocycles. The summed E-state index contributed by atoms with van der Waals surface area (Å²) in [6.07, 6.45) is 2.28. The normalized spacial score (nSPS) is 20.4. The van der Waals surface area contributed by atoms with Gasteiger partial charge < -0.3 is 15.1 Å². The molecular formula is C21H23N3O2. The maximum Gasteiger partial charge on any atom is 0.271 e. The number of amides is 1. The Hall–Kier alpha value is -2.82. The number of anilines is 1. The van der Waals surface area contributed by atoms with Crippen molar-refractivity contribution in [2.45, 2.75) is 31.4 Å². The Morgan fingerprint density at radius 1 is 1.00 bits per heavy atom. The zero-order valence-electron chi connectivity index (χ0n) is 14.7. The van der Waals surface area contributed by atoms with Gasteiger partial charge in [-0.25, -0.2) is 0 Å². The third-order valence-corrected chi connectivity index (χ3v) is 5.01. The van der Waals surface area contributed by atoms with Crippen LogP contribution in [0, 0.1) is 0 Å². The molecule has 2 aromatic rings. The molecule has 1 N–H and O–H groups in total. The van der Waals surface area contributed by atoms with Gasteiger partial charge in [0.1, 0.15) is 5.71 Å². The van der Waals surface area contributed by atoms with E-state index in [1.54, 1.807) is 0 Å². The third kappa shape index (κ3) is 3.72. The summed E-state index contributed by atoms with van der Waals surface area (Å²) in [5.41, 5.74) is 2.73.